The summed E-state index contributed by atoms with van der Waals surface area (Å²) in [4.78, 5) is 17.6. The summed E-state index contributed by atoms with van der Waals surface area (Å²) in [5.41, 5.74) is 2.07. The van der Waals surface area contributed by atoms with E-state index in [1.54, 1.807) is 0 Å². The van der Waals surface area contributed by atoms with Crippen LogP contribution in [0.1, 0.15) is 12.8 Å². The average molecular weight is 297 g/mol. The van der Waals surface area contributed by atoms with Crippen LogP contribution < -0.4 is 10.2 Å². The van der Waals surface area contributed by atoms with Crippen LogP contribution in [-0.2, 0) is 0 Å². The number of amides is 1. The van der Waals surface area contributed by atoms with Crippen molar-refractivity contribution in [2.75, 3.05) is 18.0 Å². The van der Waals surface area contributed by atoms with E-state index in [-0.39, 0.29) is 6.04 Å². The molecule has 0 aliphatic carbocycles. The number of carbonyl (C=O) groups is 1. The van der Waals surface area contributed by atoms with Crippen LogP contribution in [0, 0.1) is 0 Å². The zero-order chi connectivity index (χ0) is 15.4. The highest BCUT2D eigenvalue weighted by molar-refractivity contribution is 5.65. The van der Waals surface area contributed by atoms with Crippen molar-refractivity contribution in [3.8, 4) is 11.3 Å². The summed E-state index contributed by atoms with van der Waals surface area (Å²) in [7, 11) is 0. The Kier molecular flexibility index (Phi) is 4.23. The zero-order valence-electron chi connectivity index (χ0n) is 12.3. The number of pyridine rings is 1. The van der Waals surface area contributed by atoms with E-state index < -0.39 is 6.09 Å². The molecule has 1 aromatic carbocycles. The molecule has 1 aliphatic heterocycles. The fourth-order valence-corrected chi connectivity index (χ4v) is 2.80. The standard InChI is InChI=1S/C17H19N3O2/c21-17(22)18-14-9-11-20(12-10-14)16-8-4-7-15(19-16)13-5-2-1-3-6-13/h1-8,14,18H,9-12H2,(H,21,22). The monoisotopic (exact) mass is 297 g/mol. The molecule has 5 heteroatoms. The smallest absolute Gasteiger partial charge is 0.404 e. The fraction of sp³-hybridized carbons (Fsp3) is 0.294. The number of anilines is 1. The molecule has 5 nitrogen and oxygen atoms in total. The van der Waals surface area contributed by atoms with Gasteiger partial charge in [-0.2, -0.15) is 0 Å². The lowest BCUT2D eigenvalue weighted by molar-refractivity contribution is 0.187. The Hall–Kier alpha value is -2.56. The highest BCUT2D eigenvalue weighted by Crippen LogP contribution is 2.22. The van der Waals surface area contributed by atoms with E-state index in [2.05, 4.69) is 22.3 Å². The van der Waals surface area contributed by atoms with Crippen LogP contribution in [0.3, 0.4) is 0 Å². The number of hydrogen-bond acceptors (Lipinski definition) is 3. The van der Waals surface area contributed by atoms with Gasteiger partial charge < -0.3 is 15.3 Å². The van der Waals surface area contributed by atoms with E-state index in [0.29, 0.717) is 0 Å². The third-order valence-corrected chi connectivity index (χ3v) is 3.95. The third kappa shape index (κ3) is 3.36. The van der Waals surface area contributed by atoms with Gasteiger partial charge in [-0.05, 0) is 25.0 Å². The molecule has 2 N–H and O–H groups in total. The van der Waals surface area contributed by atoms with Gasteiger partial charge >= 0.3 is 6.09 Å². The van der Waals surface area contributed by atoms with E-state index in [4.69, 9.17) is 10.1 Å². The first kappa shape index (κ1) is 14.4. The van der Waals surface area contributed by atoms with Crippen molar-refractivity contribution < 1.29 is 9.90 Å². The number of rotatable bonds is 3. The second kappa shape index (κ2) is 6.47. The maximum Gasteiger partial charge on any atom is 0.404 e. The van der Waals surface area contributed by atoms with Crippen LogP contribution in [0.2, 0.25) is 0 Å². The van der Waals surface area contributed by atoms with E-state index in [9.17, 15) is 4.79 Å². The van der Waals surface area contributed by atoms with Gasteiger partial charge in [0.25, 0.3) is 0 Å². The predicted octanol–water partition coefficient (Wildman–Crippen LogP) is 2.99. The van der Waals surface area contributed by atoms with Gasteiger partial charge in [-0.15, -0.1) is 0 Å². The quantitative estimate of drug-likeness (QED) is 0.914. The first-order chi connectivity index (χ1) is 10.7. The second-order valence-electron chi connectivity index (χ2n) is 5.46. The third-order valence-electron chi connectivity index (χ3n) is 3.95. The number of hydrogen-bond donors (Lipinski definition) is 2. The van der Waals surface area contributed by atoms with Crippen LogP contribution >= 0.6 is 0 Å². The Balaban J connectivity index is 1.70. The Bertz CT molecular complexity index is 637. The maximum absolute atomic E-state index is 10.7. The second-order valence-corrected chi connectivity index (χ2v) is 5.46. The van der Waals surface area contributed by atoms with Gasteiger partial charge in [-0.1, -0.05) is 36.4 Å². The number of nitrogens with one attached hydrogen (secondary N) is 1. The number of nitrogens with zero attached hydrogens (tertiary/aromatic N) is 2. The van der Waals surface area contributed by atoms with Crippen molar-refractivity contribution in [3.05, 3.63) is 48.5 Å². The topological polar surface area (TPSA) is 65.5 Å². The average Bonchev–Trinajstić information content (AvgIpc) is 2.56. The summed E-state index contributed by atoms with van der Waals surface area (Å²) >= 11 is 0. The summed E-state index contributed by atoms with van der Waals surface area (Å²) in [5.74, 6) is 0.954. The van der Waals surface area contributed by atoms with Gasteiger partial charge in [0.05, 0.1) is 5.69 Å². The molecule has 2 heterocycles. The number of carboxylic acid groups (broad SMARTS) is 1. The summed E-state index contributed by atoms with van der Waals surface area (Å²) in [6.07, 6.45) is 0.676. The van der Waals surface area contributed by atoms with Crippen molar-refractivity contribution in [2.45, 2.75) is 18.9 Å². The predicted molar refractivity (Wildman–Crippen MR) is 86.1 cm³/mol. The maximum atomic E-state index is 10.7. The molecule has 0 unspecified atom stereocenters. The molecule has 1 aromatic heterocycles. The highest BCUT2D eigenvalue weighted by Gasteiger charge is 2.21. The van der Waals surface area contributed by atoms with Gasteiger partial charge in [0.2, 0.25) is 0 Å². The minimum atomic E-state index is -0.942. The normalized spacial score (nSPS) is 15.5. The first-order valence-corrected chi connectivity index (χ1v) is 7.49. The molecule has 22 heavy (non-hydrogen) atoms. The van der Waals surface area contributed by atoms with Crippen molar-refractivity contribution >= 4 is 11.9 Å². The van der Waals surface area contributed by atoms with E-state index in [0.717, 1.165) is 43.0 Å². The lowest BCUT2D eigenvalue weighted by atomic mass is 10.1. The molecule has 1 saturated heterocycles. The van der Waals surface area contributed by atoms with Gasteiger partial charge in [0, 0.05) is 24.7 Å². The number of benzene rings is 1. The number of piperidine rings is 1. The van der Waals surface area contributed by atoms with Crippen LogP contribution in [0.5, 0.6) is 0 Å². The Labute approximate surface area is 129 Å². The van der Waals surface area contributed by atoms with Crippen molar-refractivity contribution in [2.24, 2.45) is 0 Å². The zero-order valence-corrected chi connectivity index (χ0v) is 12.3. The lowest BCUT2D eigenvalue weighted by Crippen LogP contribution is -2.44. The van der Waals surface area contributed by atoms with Crippen molar-refractivity contribution in [1.82, 2.24) is 10.3 Å². The first-order valence-electron chi connectivity index (χ1n) is 7.49. The van der Waals surface area contributed by atoms with Gasteiger partial charge in [-0.3, -0.25) is 0 Å². The molecule has 0 atom stereocenters. The van der Waals surface area contributed by atoms with E-state index >= 15 is 0 Å². The highest BCUT2D eigenvalue weighted by atomic mass is 16.4. The molecule has 0 radical (unpaired) electrons. The Morgan fingerprint density at radius 2 is 1.82 bits per heavy atom. The van der Waals surface area contributed by atoms with Crippen LogP contribution in [-0.4, -0.2) is 35.3 Å². The molecule has 1 amide bonds. The van der Waals surface area contributed by atoms with Crippen LogP contribution in [0.4, 0.5) is 10.6 Å². The SMILES string of the molecule is O=C(O)NC1CCN(c2cccc(-c3ccccc3)n2)CC1. The molecule has 0 saturated carbocycles. The molecule has 0 spiro atoms. The van der Waals surface area contributed by atoms with Crippen LogP contribution in [0.25, 0.3) is 11.3 Å². The lowest BCUT2D eigenvalue weighted by Gasteiger charge is -2.32. The molecule has 114 valence electrons. The minimum absolute atomic E-state index is 0.0473. The van der Waals surface area contributed by atoms with Crippen LogP contribution in [0.15, 0.2) is 48.5 Å². The largest absolute Gasteiger partial charge is 0.465 e. The fourth-order valence-electron chi connectivity index (χ4n) is 2.80. The summed E-state index contributed by atoms with van der Waals surface area (Å²) in [5, 5.41) is 11.3. The molecular weight excluding hydrogens is 278 g/mol. The van der Waals surface area contributed by atoms with Crippen molar-refractivity contribution in [3.63, 3.8) is 0 Å². The molecule has 0 bridgehead atoms. The van der Waals surface area contributed by atoms with E-state index in [1.807, 2.05) is 36.4 Å². The summed E-state index contributed by atoms with van der Waals surface area (Å²) < 4.78 is 0. The Morgan fingerprint density at radius 1 is 1.09 bits per heavy atom. The van der Waals surface area contributed by atoms with E-state index in [1.165, 1.54) is 0 Å². The molecule has 2 aromatic rings. The molecule has 1 aliphatic rings. The molecule has 1 fully saturated rings. The Morgan fingerprint density at radius 3 is 2.50 bits per heavy atom. The summed E-state index contributed by atoms with van der Waals surface area (Å²) in [6.45, 7) is 1.63. The summed E-state index contributed by atoms with van der Waals surface area (Å²) in [6, 6.07) is 16.2. The van der Waals surface area contributed by atoms with Gasteiger partial charge in [0.15, 0.2) is 0 Å². The van der Waals surface area contributed by atoms with Gasteiger partial charge in [-0.25, -0.2) is 9.78 Å². The van der Waals surface area contributed by atoms with Gasteiger partial charge in [0.1, 0.15) is 5.82 Å². The minimum Gasteiger partial charge on any atom is -0.465 e. The molecular formula is C17H19N3O2. The number of aromatic nitrogens is 1. The van der Waals surface area contributed by atoms with Crippen molar-refractivity contribution in [1.29, 1.82) is 0 Å². The molecule has 3 rings (SSSR count).